The SMILES string of the molecule is Nc1ccc(O)cc1C(=O)O.Nc1ccc(O)cc1C(=O)O. The van der Waals surface area contributed by atoms with Gasteiger partial charge in [-0.3, -0.25) is 0 Å². The van der Waals surface area contributed by atoms with Crippen molar-refractivity contribution < 1.29 is 30.0 Å². The molecule has 0 atom stereocenters. The molecule has 0 heterocycles. The van der Waals surface area contributed by atoms with Gasteiger partial charge in [-0.1, -0.05) is 0 Å². The van der Waals surface area contributed by atoms with Crippen molar-refractivity contribution >= 4 is 23.3 Å². The number of hydrogen-bond acceptors (Lipinski definition) is 6. The predicted molar refractivity (Wildman–Crippen MR) is 79.0 cm³/mol. The third kappa shape index (κ3) is 4.30. The van der Waals surface area contributed by atoms with Gasteiger partial charge in [-0.15, -0.1) is 0 Å². The Morgan fingerprint density at radius 3 is 1.27 bits per heavy atom. The molecule has 0 saturated heterocycles. The van der Waals surface area contributed by atoms with E-state index >= 15 is 0 Å². The van der Waals surface area contributed by atoms with Crippen LogP contribution in [0.4, 0.5) is 11.4 Å². The van der Waals surface area contributed by atoms with Gasteiger partial charge in [0.1, 0.15) is 11.5 Å². The van der Waals surface area contributed by atoms with Crippen LogP contribution in [0.2, 0.25) is 0 Å². The van der Waals surface area contributed by atoms with Crippen LogP contribution in [-0.2, 0) is 0 Å². The molecule has 0 amide bonds. The maximum absolute atomic E-state index is 10.4. The van der Waals surface area contributed by atoms with E-state index in [0.29, 0.717) is 0 Å². The van der Waals surface area contributed by atoms with Crippen LogP contribution >= 0.6 is 0 Å². The van der Waals surface area contributed by atoms with E-state index in [9.17, 15) is 9.59 Å². The summed E-state index contributed by atoms with van der Waals surface area (Å²) in [6, 6.07) is 7.58. The molecular weight excluding hydrogens is 292 g/mol. The van der Waals surface area contributed by atoms with Gasteiger partial charge >= 0.3 is 11.9 Å². The minimum Gasteiger partial charge on any atom is -0.508 e. The number of anilines is 2. The van der Waals surface area contributed by atoms with Crippen molar-refractivity contribution in [1.29, 1.82) is 0 Å². The summed E-state index contributed by atoms with van der Waals surface area (Å²) in [6.45, 7) is 0. The number of hydrogen-bond donors (Lipinski definition) is 6. The van der Waals surface area contributed by atoms with E-state index < -0.39 is 11.9 Å². The predicted octanol–water partition coefficient (Wildman–Crippen LogP) is 1.35. The van der Waals surface area contributed by atoms with Crippen LogP contribution in [0, 0.1) is 0 Å². The highest BCUT2D eigenvalue weighted by atomic mass is 16.4. The number of carboxylic acid groups (broad SMARTS) is 2. The van der Waals surface area contributed by atoms with Crippen molar-refractivity contribution in [3.63, 3.8) is 0 Å². The van der Waals surface area contributed by atoms with Crippen LogP contribution in [0.25, 0.3) is 0 Å². The Bertz CT molecular complexity index is 653. The van der Waals surface area contributed by atoms with Crippen molar-refractivity contribution in [2.24, 2.45) is 0 Å². The van der Waals surface area contributed by atoms with Crippen molar-refractivity contribution in [1.82, 2.24) is 0 Å². The molecule has 0 bridgehead atoms. The molecule has 0 aliphatic rings. The molecule has 0 unspecified atom stereocenters. The first kappa shape index (κ1) is 16.6. The van der Waals surface area contributed by atoms with Gasteiger partial charge in [-0.05, 0) is 36.4 Å². The molecule has 2 rings (SSSR count). The highest BCUT2D eigenvalue weighted by molar-refractivity contribution is 5.94. The van der Waals surface area contributed by atoms with E-state index in [1.54, 1.807) is 0 Å². The first-order chi connectivity index (χ1) is 10.2. The van der Waals surface area contributed by atoms with Gasteiger partial charge in [-0.2, -0.15) is 0 Å². The Morgan fingerprint density at radius 1 is 0.727 bits per heavy atom. The quantitative estimate of drug-likeness (QED) is 0.357. The fourth-order valence-corrected chi connectivity index (χ4v) is 1.46. The third-order valence-corrected chi connectivity index (χ3v) is 2.53. The van der Waals surface area contributed by atoms with E-state index in [1.165, 1.54) is 24.3 Å². The van der Waals surface area contributed by atoms with Crippen LogP contribution in [0.3, 0.4) is 0 Å². The highest BCUT2D eigenvalue weighted by Gasteiger charge is 2.08. The zero-order valence-corrected chi connectivity index (χ0v) is 11.2. The number of aromatic hydroxyl groups is 2. The van der Waals surface area contributed by atoms with Crippen LogP contribution < -0.4 is 11.5 Å². The average molecular weight is 306 g/mol. The van der Waals surface area contributed by atoms with Crippen LogP contribution in [0.1, 0.15) is 20.7 Å². The second-order valence-corrected chi connectivity index (χ2v) is 4.15. The molecule has 0 aliphatic carbocycles. The molecular formula is C14H14N2O6. The number of phenols is 2. The largest absolute Gasteiger partial charge is 0.508 e. The van der Waals surface area contributed by atoms with Gasteiger partial charge in [0, 0.05) is 11.4 Å². The van der Waals surface area contributed by atoms with Crippen LogP contribution in [0.15, 0.2) is 36.4 Å². The summed E-state index contributed by atoms with van der Waals surface area (Å²) >= 11 is 0. The zero-order chi connectivity index (χ0) is 16.9. The van der Waals surface area contributed by atoms with Gasteiger partial charge < -0.3 is 31.9 Å². The van der Waals surface area contributed by atoms with Gasteiger partial charge in [-0.25, -0.2) is 9.59 Å². The third-order valence-electron chi connectivity index (χ3n) is 2.53. The smallest absolute Gasteiger partial charge is 0.337 e. The molecule has 0 aromatic heterocycles. The molecule has 22 heavy (non-hydrogen) atoms. The van der Waals surface area contributed by atoms with Crippen molar-refractivity contribution in [3.05, 3.63) is 47.5 Å². The fourth-order valence-electron chi connectivity index (χ4n) is 1.46. The number of phenolic OH excluding ortho intramolecular Hbond substituents is 2. The Kier molecular flexibility index (Phi) is 5.17. The highest BCUT2D eigenvalue weighted by Crippen LogP contribution is 2.18. The lowest BCUT2D eigenvalue weighted by Gasteiger charge is -1.99. The summed E-state index contributed by atoms with van der Waals surface area (Å²) in [5.41, 5.74) is 10.7. The summed E-state index contributed by atoms with van der Waals surface area (Å²) < 4.78 is 0. The maximum atomic E-state index is 10.4. The molecule has 8 nitrogen and oxygen atoms in total. The Hall–Kier alpha value is -3.42. The number of aromatic carboxylic acids is 2. The first-order valence-electron chi connectivity index (χ1n) is 5.86. The van der Waals surface area contributed by atoms with E-state index in [1.807, 2.05) is 0 Å². The Labute approximate surface area is 124 Å². The molecule has 0 saturated carbocycles. The lowest BCUT2D eigenvalue weighted by molar-refractivity contribution is 0.0687. The van der Waals surface area contributed by atoms with Gasteiger partial charge in [0.2, 0.25) is 0 Å². The molecule has 8 heteroatoms. The fraction of sp³-hybridized carbons (Fsp3) is 0. The first-order valence-corrected chi connectivity index (χ1v) is 5.86. The summed E-state index contributed by atoms with van der Waals surface area (Å²) in [7, 11) is 0. The minimum absolute atomic E-state index is 0.0787. The average Bonchev–Trinajstić information content (AvgIpc) is 2.44. The van der Waals surface area contributed by atoms with Crippen molar-refractivity contribution in [2.75, 3.05) is 11.5 Å². The minimum atomic E-state index is -1.14. The van der Waals surface area contributed by atoms with E-state index in [0.717, 1.165) is 12.1 Å². The molecule has 0 radical (unpaired) electrons. The molecule has 2 aromatic carbocycles. The van der Waals surface area contributed by atoms with Crippen LogP contribution in [-0.4, -0.2) is 32.4 Å². The number of rotatable bonds is 2. The summed E-state index contributed by atoms with van der Waals surface area (Å²) in [6.07, 6.45) is 0. The van der Waals surface area contributed by atoms with Crippen molar-refractivity contribution in [3.8, 4) is 11.5 Å². The molecule has 8 N–H and O–H groups in total. The second-order valence-electron chi connectivity index (χ2n) is 4.15. The number of nitrogens with two attached hydrogens (primary N) is 2. The summed E-state index contributed by atoms with van der Waals surface area (Å²) in [4.78, 5) is 20.8. The summed E-state index contributed by atoms with van der Waals surface area (Å²) in [5.74, 6) is -2.48. The lowest BCUT2D eigenvalue weighted by Crippen LogP contribution is -2.01. The maximum Gasteiger partial charge on any atom is 0.337 e. The monoisotopic (exact) mass is 306 g/mol. The summed E-state index contributed by atoms with van der Waals surface area (Å²) in [5, 5.41) is 34.7. The normalized spacial score (nSPS) is 9.45. The van der Waals surface area contributed by atoms with E-state index in [4.69, 9.17) is 31.9 Å². The van der Waals surface area contributed by atoms with Gasteiger partial charge in [0.25, 0.3) is 0 Å². The van der Waals surface area contributed by atoms with Crippen molar-refractivity contribution in [2.45, 2.75) is 0 Å². The van der Waals surface area contributed by atoms with E-state index in [-0.39, 0.29) is 34.0 Å². The number of carboxylic acids is 2. The molecule has 0 fully saturated rings. The second kappa shape index (κ2) is 6.84. The Balaban J connectivity index is 0.000000220. The van der Waals surface area contributed by atoms with Gasteiger partial charge in [0.15, 0.2) is 0 Å². The molecule has 116 valence electrons. The number of carbonyl (C=O) groups is 2. The lowest BCUT2D eigenvalue weighted by atomic mass is 10.2. The van der Waals surface area contributed by atoms with E-state index in [2.05, 4.69) is 0 Å². The standard InChI is InChI=1S/2C7H7NO3/c2*8-6-2-1-4(9)3-5(6)7(10)11/h2*1-3,9H,8H2,(H,10,11). The molecule has 2 aromatic rings. The number of nitrogen functional groups attached to an aromatic ring is 2. The number of benzene rings is 2. The van der Waals surface area contributed by atoms with Gasteiger partial charge in [0.05, 0.1) is 11.1 Å². The molecule has 0 spiro atoms. The molecule has 0 aliphatic heterocycles. The zero-order valence-electron chi connectivity index (χ0n) is 11.2. The topological polar surface area (TPSA) is 167 Å². The Morgan fingerprint density at radius 2 is 1.05 bits per heavy atom. The van der Waals surface area contributed by atoms with Crippen LogP contribution in [0.5, 0.6) is 11.5 Å².